The molecule has 1 saturated carbocycles. The quantitative estimate of drug-likeness (QED) is 0.833. The fourth-order valence-electron chi connectivity index (χ4n) is 2.74. The first-order valence-corrected chi connectivity index (χ1v) is 7.37. The van der Waals surface area contributed by atoms with Crippen molar-refractivity contribution < 1.29 is 14.3 Å². The lowest BCUT2D eigenvalue weighted by molar-refractivity contribution is -0.145. The summed E-state index contributed by atoms with van der Waals surface area (Å²) >= 11 is 0. The predicted molar refractivity (Wildman–Crippen MR) is 78.0 cm³/mol. The lowest BCUT2D eigenvalue weighted by Gasteiger charge is -2.34. The Morgan fingerprint density at radius 2 is 2.14 bits per heavy atom. The summed E-state index contributed by atoms with van der Waals surface area (Å²) in [5, 5.41) is 0. The van der Waals surface area contributed by atoms with E-state index in [0.29, 0.717) is 25.6 Å². The summed E-state index contributed by atoms with van der Waals surface area (Å²) in [4.78, 5) is 28.0. The summed E-state index contributed by atoms with van der Waals surface area (Å²) in [6.07, 6.45) is 2.54. The van der Waals surface area contributed by atoms with Crippen molar-refractivity contribution in [2.24, 2.45) is 0 Å². The first kappa shape index (κ1) is 13.9. The van der Waals surface area contributed by atoms with E-state index < -0.39 is 0 Å². The summed E-state index contributed by atoms with van der Waals surface area (Å²) in [5.41, 5.74) is 0.913. The number of methoxy groups -OCH3 is 1. The van der Waals surface area contributed by atoms with Crippen LogP contribution in [-0.4, -0.2) is 54.4 Å². The van der Waals surface area contributed by atoms with E-state index in [9.17, 15) is 9.59 Å². The SMILES string of the molecule is COc1cccc(CC(=O)N2CCN(C3CC3)C(=O)C2)c1. The second kappa shape index (κ2) is 5.76. The number of hydrogen-bond donors (Lipinski definition) is 0. The van der Waals surface area contributed by atoms with Crippen LogP contribution in [0.15, 0.2) is 24.3 Å². The average Bonchev–Trinajstić information content (AvgIpc) is 3.32. The van der Waals surface area contributed by atoms with E-state index in [1.807, 2.05) is 29.2 Å². The standard InChI is InChI=1S/C16H20N2O3/c1-21-14-4-2-3-12(9-14)10-15(19)17-7-8-18(13-5-6-13)16(20)11-17/h2-4,9,13H,5-8,10-11H2,1H3. The highest BCUT2D eigenvalue weighted by Crippen LogP contribution is 2.28. The van der Waals surface area contributed by atoms with Crippen molar-refractivity contribution in [3.05, 3.63) is 29.8 Å². The predicted octanol–water partition coefficient (Wildman–Crippen LogP) is 1.07. The molecule has 2 amide bonds. The summed E-state index contributed by atoms with van der Waals surface area (Å²) in [7, 11) is 1.61. The van der Waals surface area contributed by atoms with Crippen molar-refractivity contribution in [3.8, 4) is 5.75 Å². The molecular weight excluding hydrogens is 268 g/mol. The zero-order valence-electron chi connectivity index (χ0n) is 12.2. The van der Waals surface area contributed by atoms with Crippen molar-refractivity contribution in [2.75, 3.05) is 26.7 Å². The Kier molecular flexibility index (Phi) is 3.82. The van der Waals surface area contributed by atoms with Gasteiger partial charge in [0.15, 0.2) is 0 Å². The second-order valence-electron chi connectivity index (χ2n) is 5.66. The molecule has 0 N–H and O–H groups in total. The third kappa shape index (κ3) is 3.17. The number of hydrogen-bond acceptors (Lipinski definition) is 3. The maximum atomic E-state index is 12.3. The Balaban J connectivity index is 1.59. The molecule has 0 spiro atoms. The van der Waals surface area contributed by atoms with Gasteiger partial charge in [-0.05, 0) is 30.5 Å². The molecule has 112 valence electrons. The first-order chi connectivity index (χ1) is 10.2. The normalized spacial score (nSPS) is 18.8. The van der Waals surface area contributed by atoms with E-state index in [1.54, 1.807) is 12.0 Å². The highest BCUT2D eigenvalue weighted by atomic mass is 16.5. The number of amides is 2. The van der Waals surface area contributed by atoms with E-state index in [1.165, 1.54) is 0 Å². The highest BCUT2D eigenvalue weighted by Gasteiger charge is 2.36. The Morgan fingerprint density at radius 1 is 1.33 bits per heavy atom. The second-order valence-corrected chi connectivity index (χ2v) is 5.66. The van der Waals surface area contributed by atoms with Gasteiger partial charge in [-0.25, -0.2) is 0 Å². The van der Waals surface area contributed by atoms with Crippen LogP contribution in [0.4, 0.5) is 0 Å². The molecule has 5 heteroatoms. The Morgan fingerprint density at radius 3 is 2.81 bits per heavy atom. The minimum Gasteiger partial charge on any atom is -0.497 e. The van der Waals surface area contributed by atoms with Gasteiger partial charge in [0.25, 0.3) is 0 Å². The number of rotatable bonds is 4. The van der Waals surface area contributed by atoms with Crippen molar-refractivity contribution in [2.45, 2.75) is 25.3 Å². The molecule has 3 rings (SSSR count). The molecule has 1 aliphatic heterocycles. The molecule has 1 saturated heterocycles. The minimum absolute atomic E-state index is 0.00653. The fourth-order valence-corrected chi connectivity index (χ4v) is 2.74. The molecule has 1 aliphatic carbocycles. The van der Waals surface area contributed by atoms with Gasteiger partial charge in [-0.3, -0.25) is 9.59 Å². The Bertz CT molecular complexity index is 554. The van der Waals surface area contributed by atoms with Crippen molar-refractivity contribution in [1.29, 1.82) is 0 Å². The maximum Gasteiger partial charge on any atom is 0.242 e. The zero-order valence-corrected chi connectivity index (χ0v) is 12.2. The number of carbonyl (C=O) groups is 2. The number of piperazine rings is 1. The van der Waals surface area contributed by atoms with Gasteiger partial charge in [-0.2, -0.15) is 0 Å². The van der Waals surface area contributed by atoms with E-state index in [0.717, 1.165) is 24.2 Å². The molecule has 1 heterocycles. The van der Waals surface area contributed by atoms with Gasteiger partial charge in [0.2, 0.25) is 11.8 Å². The van der Waals surface area contributed by atoms with Crippen LogP contribution in [-0.2, 0) is 16.0 Å². The van der Waals surface area contributed by atoms with Gasteiger partial charge < -0.3 is 14.5 Å². The van der Waals surface area contributed by atoms with Gasteiger partial charge in [-0.15, -0.1) is 0 Å². The summed E-state index contributed by atoms with van der Waals surface area (Å²) in [6, 6.07) is 7.93. The Hall–Kier alpha value is -2.04. The minimum atomic E-state index is 0.00653. The van der Waals surface area contributed by atoms with Crippen LogP contribution in [0.3, 0.4) is 0 Å². The monoisotopic (exact) mass is 288 g/mol. The van der Waals surface area contributed by atoms with Crippen LogP contribution >= 0.6 is 0 Å². The maximum absolute atomic E-state index is 12.3. The molecule has 0 aromatic heterocycles. The molecule has 0 radical (unpaired) electrons. The van der Waals surface area contributed by atoms with Crippen molar-refractivity contribution in [1.82, 2.24) is 9.80 Å². The summed E-state index contributed by atoms with van der Waals surface area (Å²) < 4.78 is 5.16. The van der Waals surface area contributed by atoms with Crippen LogP contribution < -0.4 is 4.74 Å². The smallest absolute Gasteiger partial charge is 0.242 e. The van der Waals surface area contributed by atoms with E-state index in [4.69, 9.17) is 4.74 Å². The number of benzene rings is 1. The molecule has 21 heavy (non-hydrogen) atoms. The fraction of sp³-hybridized carbons (Fsp3) is 0.500. The highest BCUT2D eigenvalue weighted by molar-refractivity contribution is 5.87. The molecule has 2 fully saturated rings. The molecule has 1 aromatic carbocycles. The average molecular weight is 288 g/mol. The Labute approximate surface area is 124 Å². The summed E-state index contributed by atoms with van der Waals surface area (Å²) in [5.74, 6) is 0.838. The zero-order chi connectivity index (χ0) is 14.8. The van der Waals surface area contributed by atoms with Crippen LogP contribution in [0.5, 0.6) is 5.75 Å². The topological polar surface area (TPSA) is 49.9 Å². The van der Waals surface area contributed by atoms with E-state index in [-0.39, 0.29) is 18.4 Å². The number of nitrogens with zero attached hydrogens (tertiary/aromatic N) is 2. The van der Waals surface area contributed by atoms with Gasteiger partial charge in [-0.1, -0.05) is 12.1 Å². The lowest BCUT2D eigenvalue weighted by atomic mass is 10.1. The molecule has 0 bridgehead atoms. The third-order valence-electron chi connectivity index (χ3n) is 4.09. The molecule has 5 nitrogen and oxygen atoms in total. The van der Waals surface area contributed by atoms with Gasteiger partial charge >= 0.3 is 0 Å². The lowest BCUT2D eigenvalue weighted by Crippen LogP contribution is -2.53. The van der Waals surface area contributed by atoms with Crippen LogP contribution in [0.25, 0.3) is 0 Å². The largest absolute Gasteiger partial charge is 0.497 e. The third-order valence-corrected chi connectivity index (χ3v) is 4.09. The van der Waals surface area contributed by atoms with Crippen LogP contribution in [0.2, 0.25) is 0 Å². The molecule has 0 unspecified atom stereocenters. The van der Waals surface area contributed by atoms with Crippen molar-refractivity contribution >= 4 is 11.8 Å². The van der Waals surface area contributed by atoms with Gasteiger partial charge in [0.1, 0.15) is 5.75 Å². The molecule has 1 aromatic rings. The number of carbonyl (C=O) groups excluding carboxylic acids is 2. The molecule has 2 aliphatic rings. The van der Waals surface area contributed by atoms with Gasteiger partial charge in [0, 0.05) is 19.1 Å². The molecular formula is C16H20N2O3. The van der Waals surface area contributed by atoms with Gasteiger partial charge in [0.05, 0.1) is 20.1 Å². The first-order valence-electron chi connectivity index (χ1n) is 7.37. The van der Waals surface area contributed by atoms with E-state index >= 15 is 0 Å². The van der Waals surface area contributed by atoms with Crippen molar-refractivity contribution in [3.63, 3.8) is 0 Å². The number of ether oxygens (including phenoxy) is 1. The van der Waals surface area contributed by atoms with Crippen LogP contribution in [0.1, 0.15) is 18.4 Å². The summed E-state index contributed by atoms with van der Waals surface area (Å²) in [6.45, 7) is 1.54. The van der Waals surface area contributed by atoms with E-state index in [2.05, 4.69) is 0 Å². The molecule has 0 atom stereocenters. The van der Waals surface area contributed by atoms with Crippen LogP contribution in [0, 0.1) is 0 Å².